The molecule has 2 saturated heterocycles. The number of nitrogens with zero attached hydrogens (tertiary/aromatic N) is 1. The van der Waals surface area contributed by atoms with Crippen molar-refractivity contribution in [3.05, 3.63) is 34.3 Å². The molecule has 0 unspecified atom stereocenters. The van der Waals surface area contributed by atoms with Crippen molar-refractivity contribution < 1.29 is 4.79 Å². The minimum atomic E-state index is 0. The normalized spacial score (nSPS) is 26.3. The van der Waals surface area contributed by atoms with E-state index < -0.39 is 0 Å². The van der Waals surface area contributed by atoms with Crippen molar-refractivity contribution in [3.63, 3.8) is 0 Å². The van der Waals surface area contributed by atoms with Crippen molar-refractivity contribution in [2.24, 2.45) is 0 Å². The lowest BCUT2D eigenvalue weighted by molar-refractivity contribution is -0.125. The van der Waals surface area contributed by atoms with Crippen LogP contribution in [0.3, 0.4) is 0 Å². The molecular weight excluding hydrogens is 309 g/mol. The van der Waals surface area contributed by atoms with E-state index in [2.05, 4.69) is 27.7 Å². The standard InChI is InChI=1S/C15H20ClN3O.ClH/c1-10-3-2-4-11(14(10)16)15-12(5-6-18-15)19-8-7-17-13(20)9-19;/h2-4,12,15,18H,5-9H2,1H3,(H,17,20);1H/t12-,15-;/m1./s1. The zero-order valence-electron chi connectivity index (χ0n) is 12.1. The van der Waals surface area contributed by atoms with Gasteiger partial charge in [-0.25, -0.2) is 0 Å². The fraction of sp³-hybridized carbons (Fsp3) is 0.533. The van der Waals surface area contributed by atoms with Crippen molar-refractivity contribution in [1.82, 2.24) is 15.5 Å². The van der Waals surface area contributed by atoms with Crippen LogP contribution in [0.25, 0.3) is 0 Å². The highest BCUT2D eigenvalue weighted by atomic mass is 35.5. The van der Waals surface area contributed by atoms with Gasteiger partial charge in [0.25, 0.3) is 0 Å². The highest BCUT2D eigenvalue weighted by molar-refractivity contribution is 6.32. The number of nitrogens with one attached hydrogen (secondary N) is 2. The predicted molar refractivity (Wildman–Crippen MR) is 87.2 cm³/mol. The number of benzene rings is 1. The lowest BCUT2D eigenvalue weighted by Crippen LogP contribution is -2.52. The molecule has 1 amide bonds. The summed E-state index contributed by atoms with van der Waals surface area (Å²) in [6.07, 6.45) is 1.06. The highest BCUT2D eigenvalue weighted by Gasteiger charge is 2.35. The second-order valence-electron chi connectivity index (χ2n) is 5.59. The monoisotopic (exact) mass is 329 g/mol. The Kier molecular flexibility index (Phi) is 5.49. The van der Waals surface area contributed by atoms with Gasteiger partial charge < -0.3 is 10.6 Å². The average Bonchev–Trinajstić information content (AvgIpc) is 2.91. The van der Waals surface area contributed by atoms with E-state index in [9.17, 15) is 4.79 Å². The summed E-state index contributed by atoms with van der Waals surface area (Å²) in [6.45, 7) is 5.15. The molecule has 2 aliphatic heterocycles. The number of hydrogen-bond acceptors (Lipinski definition) is 3. The van der Waals surface area contributed by atoms with Gasteiger partial charge in [0, 0.05) is 30.2 Å². The molecule has 21 heavy (non-hydrogen) atoms. The van der Waals surface area contributed by atoms with Crippen molar-refractivity contribution >= 4 is 29.9 Å². The van der Waals surface area contributed by atoms with Crippen molar-refractivity contribution in [2.75, 3.05) is 26.2 Å². The first-order valence-corrected chi connectivity index (χ1v) is 7.54. The van der Waals surface area contributed by atoms with Gasteiger partial charge in [0.2, 0.25) is 5.91 Å². The molecule has 3 rings (SSSR count). The molecule has 2 fully saturated rings. The Balaban J connectivity index is 0.00000161. The summed E-state index contributed by atoms with van der Waals surface area (Å²) in [7, 11) is 0. The van der Waals surface area contributed by atoms with E-state index in [4.69, 9.17) is 11.6 Å². The Morgan fingerprint density at radius 3 is 2.90 bits per heavy atom. The van der Waals surface area contributed by atoms with Crippen LogP contribution in [-0.4, -0.2) is 43.0 Å². The highest BCUT2D eigenvalue weighted by Crippen LogP contribution is 2.34. The molecule has 0 spiro atoms. The fourth-order valence-electron chi connectivity index (χ4n) is 3.25. The Labute approximate surface area is 136 Å². The number of carbonyl (C=O) groups is 1. The molecule has 0 saturated carbocycles. The third kappa shape index (κ3) is 3.34. The van der Waals surface area contributed by atoms with E-state index in [1.165, 1.54) is 0 Å². The fourth-order valence-corrected chi connectivity index (χ4v) is 3.50. The lowest BCUT2D eigenvalue weighted by Gasteiger charge is -2.35. The average molecular weight is 330 g/mol. The van der Waals surface area contributed by atoms with Gasteiger partial charge in [-0.1, -0.05) is 29.8 Å². The molecule has 0 aliphatic carbocycles. The molecule has 4 nitrogen and oxygen atoms in total. The zero-order chi connectivity index (χ0) is 14.1. The number of hydrogen-bond donors (Lipinski definition) is 2. The van der Waals surface area contributed by atoms with E-state index in [-0.39, 0.29) is 24.4 Å². The van der Waals surface area contributed by atoms with Crippen molar-refractivity contribution in [3.8, 4) is 0 Å². The van der Waals surface area contributed by atoms with Crippen molar-refractivity contribution in [1.29, 1.82) is 0 Å². The van der Waals surface area contributed by atoms with Gasteiger partial charge in [0.15, 0.2) is 0 Å². The van der Waals surface area contributed by atoms with Crippen LogP contribution < -0.4 is 10.6 Å². The summed E-state index contributed by atoms with van der Waals surface area (Å²) in [6, 6.07) is 6.74. The van der Waals surface area contributed by atoms with E-state index >= 15 is 0 Å². The van der Waals surface area contributed by atoms with E-state index in [0.717, 1.165) is 42.2 Å². The number of carbonyl (C=O) groups excluding carboxylic acids is 1. The molecule has 1 aromatic rings. The Morgan fingerprint density at radius 1 is 1.33 bits per heavy atom. The minimum absolute atomic E-state index is 0. The molecule has 2 heterocycles. The zero-order valence-corrected chi connectivity index (χ0v) is 13.6. The molecule has 0 radical (unpaired) electrons. The molecule has 1 aromatic carbocycles. The summed E-state index contributed by atoms with van der Waals surface area (Å²) < 4.78 is 0. The van der Waals surface area contributed by atoms with Gasteiger partial charge in [-0.15, -0.1) is 12.4 Å². The van der Waals surface area contributed by atoms with Gasteiger partial charge in [-0.2, -0.15) is 0 Å². The molecule has 2 aliphatic rings. The molecular formula is C15H21Cl2N3O. The second kappa shape index (κ2) is 6.97. The van der Waals surface area contributed by atoms with E-state index in [1.54, 1.807) is 0 Å². The molecule has 0 bridgehead atoms. The van der Waals surface area contributed by atoms with Crippen LogP contribution in [0.5, 0.6) is 0 Å². The van der Waals surface area contributed by atoms with Gasteiger partial charge in [-0.3, -0.25) is 9.69 Å². The molecule has 2 atom stereocenters. The summed E-state index contributed by atoms with van der Waals surface area (Å²) in [5.41, 5.74) is 2.26. The number of aryl methyl sites for hydroxylation is 1. The van der Waals surface area contributed by atoms with Crippen LogP contribution in [0.15, 0.2) is 18.2 Å². The molecule has 2 N–H and O–H groups in total. The maximum atomic E-state index is 11.6. The maximum Gasteiger partial charge on any atom is 0.234 e. The smallest absolute Gasteiger partial charge is 0.234 e. The largest absolute Gasteiger partial charge is 0.354 e. The SMILES string of the molecule is Cc1cccc([C@H]2NCC[C@H]2N2CCNC(=O)C2)c1Cl.Cl. The predicted octanol–water partition coefficient (Wildman–Crippen LogP) is 1.91. The van der Waals surface area contributed by atoms with E-state index in [1.807, 2.05) is 13.0 Å². The van der Waals surface area contributed by atoms with Crippen LogP contribution in [0.2, 0.25) is 5.02 Å². The molecule has 0 aromatic heterocycles. The first-order valence-electron chi connectivity index (χ1n) is 7.16. The van der Waals surface area contributed by atoms with Gasteiger partial charge in [0.05, 0.1) is 6.54 Å². The number of piperazine rings is 1. The van der Waals surface area contributed by atoms with Crippen LogP contribution in [0.1, 0.15) is 23.6 Å². The summed E-state index contributed by atoms with van der Waals surface area (Å²) in [5.74, 6) is 0.122. The number of rotatable bonds is 2. The van der Waals surface area contributed by atoms with E-state index in [0.29, 0.717) is 12.6 Å². The summed E-state index contributed by atoms with van der Waals surface area (Å²) >= 11 is 6.47. The third-order valence-corrected chi connectivity index (χ3v) is 4.80. The Hall–Kier alpha value is -0.810. The van der Waals surface area contributed by atoms with Crippen molar-refractivity contribution in [2.45, 2.75) is 25.4 Å². The van der Waals surface area contributed by atoms with Crippen LogP contribution in [0, 0.1) is 6.92 Å². The first-order chi connectivity index (χ1) is 9.66. The second-order valence-corrected chi connectivity index (χ2v) is 5.96. The van der Waals surface area contributed by atoms with Gasteiger partial charge >= 0.3 is 0 Å². The topological polar surface area (TPSA) is 44.4 Å². The van der Waals surface area contributed by atoms with Crippen LogP contribution in [0.4, 0.5) is 0 Å². The van der Waals surface area contributed by atoms with Crippen LogP contribution >= 0.6 is 24.0 Å². The minimum Gasteiger partial charge on any atom is -0.354 e. The number of halogens is 2. The quantitative estimate of drug-likeness (QED) is 0.871. The van der Waals surface area contributed by atoms with Gasteiger partial charge in [0.1, 0.15) is 0 Å². The maximum absolute atomic E-state index is 11.6. The summed E-state index contributed by atoms with van der Waals surface area (Å²) in [4.78, 5) is 13.9. The molecule has 6 heteroatoms. The summed E-state index contributed by atoms with van der Waals surface area (Å²) in [5, 5.41) is 7.27. The van der Waals surface area contributed by atoms with Gasteiger partial charge in [-0.05, 0) is 31.0 Å². The lowest BCUT2D eigenvalue weighted by atomic mass is 9.97. The molecule has 116 valence electrons. The first kappa shape index (κ1) is 16.6. The third-order valence-electron chi connectivity index (χ3n) is 4.28. The Bertz CT molecular complexity index is 524. The Morgan fingerprint density at radius 2 is 2.14 bits per heavy atom. The number of amides is 1. The van der Waals surface area contributed by atoms with Crippen LogP contribution in [-0.2, 0) is 4.79 Å².